The Morgan fingerprint density at radius 2 is 1.94 bits per heavy atom. The summed E-state index contributed by atoms with van der Waals surface area (Å²) in [5, 5.41) is 0. The van der Waals surface area contributed by atoms with Crippen molar-refractivity contribution in [2.45, 2.75) is 58.9 Å². The fourth-order valence-electron chi connectivity index (χ4n) is 3.89. The first kappa shape index (κ1) is 12.4. The van der Waals surface area contributed by atoms with Crippen molar-refractivity contribution >= 4 is 0 Å². The lowest BCUT2D eigenvalue weighted by Gasteiger charge is -2.31. The average Bonchev–Trinajstić information content (AvgIpc) is 2.86. The molecule has 0 heterocycles. The molecule has 0 aromatic rings. The number of hydrogen-bond donors (Lipinski definition) is 2. The summed E-state index contributed by atoms with van der Waals surface area (Å²) in [7, 11) is 0. The van der Waals surface area contributed by atoms with E-state index in [2.05, 4.69) is 26.2 Å². The molecule has 0 saturated heterocycles. The molecule has 0 aliphatic heterocycles. The third kappa shape index (κ3) is 2.43. The van der Waals surface area contributed by atoms with Crippen molar-refractivity contribution in [2.75, 3.05) is 0 Å². The standard InChI is InChI=1S/C14H28N2/c1-9(2)10(3)14(16-15)8-13-7-11-4-5-12(13)6-11/h9-14,16H,4-8,15H2,1-3H3. The first-order valence-corrected chi connectivity index (χ1v) is 7.08. The van der Waals surface area contributed by atoms with Gasteiger partial charge in [0.1, 0.15) is 0 Å². The van der Waals surface area contributed by atoms with Gasteiger partial charge in [-0.25, -0.2) is 0 Å². The molecule has 0 aromatic heterocycles. The number of hydrogen-bond acceptors (Lipinski definition) is 2. The molecule has 5 unspecified atom stereocenters. The molecule has 2 aliphatic rings. The van der Waals surface area contributed by atoms with E-state index in [-0.39, 0.29) is 0 Å². The number of hydrazine groups is 1. The topological polar surface area (TPSA) is 38.0 Å². The van der Waals surface area contributed by atoms with Gasteiger partial charge < -0.3 is 0 Å². The summed E-state index contributed by atoms with van der Waals surface area (Å²) in [5.41, 5.74) is 3.07. The van der Waals surface area contributed by atoms with Crippen molar-refractivity contribution in [2.24, 2.45) is 35.4 Å². The van der Waals surface area contributed by atoms with Gasteiger partial charge in [0.2, 0.25) is 0 Å². The third-order valence-electron chi connectivity index (χ3n) is 5.34. The van der Waals surface area contributed by atoms with Gasteiger partial charge in [-0.05, 0) is 55.3 Å². The molecular formula is C14H28N2. The van der Waals surface area contributed by atoms with Crippen molar-refractivity contribution < 1.29 is 0 Å². The lowest BCUT2D eigenvalue weighted by atomic mass is 9.79. The van der Waals surface area contributed by atoms with Gasteiger partial charge in [0.25, 0.3) is 0 Å². The number of nitrogens with two attached hydrogens (primary N) is 1. The molecule has 2 saturated carbocycles. The molecule has 0 radical (unpaired) electrons. The van der Waals surface area contributed by atoms with Crippen LogP contribution in [0.1, 0.15) is 52.9 Å². The lowest BCUT2D eigenvalue weighted by Crippen LogP contribution is -2.43. The predicted molar refractivity (Wildman–Crippen MR) is 68.7 cm³/mol. The van der Waals surface area contributed by atoms with Crippen molar-refractivity contribution in [3.8, 4) is 0 Å². The van der Waals surface area contributed by atoms with Crippen LogP contribution in [0.3, 0.4) is 0 Å². The summed E-state index contributed by atoms with van der Waals surface area (Å²) in [6.07, 6.45) is 7.28. The maximum Gasteiger partial charge on any atom is 0.0241 e. The number of fused-ring (bicyclic) bond motifs is 2. The van der Waals surface area contributed by atoms with E-state index in [0.717, 1.165) is 23.7 Å². The van der Waals surface area contributed by atoms with Gasteiger partial charge in [-0.15, -0.1) is 0 Å². The van der Waals surface area contributed by atoms with Crippen LogP contribution in [0, 0.1) is 29.6 Å². The van der Waals surface area contributed by atoms with Crippen LogP contribution in [0.15, 0.2) is 0 Å². The Morgan fingerprint density at radius 3 is 2.38 bits per heavy atom. The molecule has 0 spiro atoms. The maximum atomic E-state index is 5.74. The average molecular weight is 224 g/mol. The van der Waals surface area contributed by atoms with Gasteiger partial charge in [0.15, 0.2) is 0 Å². The monoisotopic (exact) mass is 224 g/mol. The quantitative estimate of drug-likeness (QED) is 0.556. The molecule has 2 rings (SSSR count). The molecule has 2 bridgehead atoms. The van der Waals surface area contributed by atoms with E-state index < -0.39 is 0 Å². The summed E-state index contributed by atoms with van der Waals surface area (Å²) in [5.74, 6) is 10.2. The second kappa shape index (κ2) is 5.05. The molecule has 2 aliphatic carbocycles. The minimum atomic E-state index is 0.518. The molecule has 3 N–H and O–H groups in total. The fraction of sp³-hybridized carbons (Fsp3) is 1.00. The molecule has 94 valence electrons. The second-order valence-corrected chi connectivity index (χ2v) is 6.55. The SMILES string of the molecule is CC(C)C(C)C(CC1CC2CCC1C2)NN. The highest BCUT2D eigenvalue weighted by molar-refractivity contribution is 4.92. The molecule has 0 amide bonds. The third-order valence-corrected chi connectivity index (χ3v) is 5.34. The first-order chi connectivity index (χ1) is 7.61. The zero-order valence-corrected chi connectivity index (χ0v) is 11.1. The van der Waals surface area contributed by atoms with Gasteiger partial charge in [-0.3, -0.25) is 11.3 Å². The van der Waals surface area contributed by atoms with E-state index in [1.807, 2.05) is 0 Å². The molecule has 5 atom stereocenters. The van der Waals surface area contributed by atoms with E-state index in [1.54, 1.807) is 0 Å². The molecule has 2 heteroatoms. The van der Waals surface area contributed by atoms with E-state index in [9.17, 15) is 0 Å². The highest BCUT2D eigenvalue weighted by Crippen LogP contribution is 2.50. The normalized spacial score (nSPS) is 36.9. The largest absolute Gasteiger partial charge is 0.271 e. The molecular weight excluding hydrogens is 196 g/mol. The summed E-state index contributed by atoms with van der Waals surface area (Å²) in [4.78, 5) is 0. The first-order valence-electron chi connectivity index (χ1n) is 7.08. The van der Waals surface area contributed by atoms with Crippen LogP contribution in [-0.2, 0) is 0 Å². The minimum Gasteiger partial charge on any atom is -0.271 e. The predicted octanol–water partition coefficient (Wildman–Crippen LogP) is 2.94. The Labute approximate surface area is 100 Å². The molecule has 2 fully saturated rings. The Morgan fingerprint density at radius 1 is 1.19 bits per heavy atom. The summed E-state index contributed by atoms with van der Waals surface area (Å²) in [6.45, 7) is 6.94. The van der Waals surface area contributed by atoms with E-state index in [1.165, 1.54) is 32.1 Å². The molecule has 0 aromatic carbocycles. The van der Waals surface area contributed by atoms with Crippen molar-refractivity contribution in [3.05, 3.63) is 0 Å². The van der Waals surface area contributed by atoms with Gasteiger partial charge in [-0.2, -0.15) is 0 Å². The van der Waals surface area contributed by atoms with Gasteiger partial charge in [0, 0.05) is 6.04 Å². The summed E-state index contributed by atoms with van der Waals surface area (Å²) in [6, 6.07) is 0.518. The van der Waals surface area contributed by atoms with Crippen LogP contribution in [-0.4, -0.2) is 6.04 Å². The number of nitrogens with one attached hydrogen (secondary N) is 1. The van der Waals surface area contributed by atoms with E-state index >= 15 is 0 Å². The van der Waals surface area contributed by atoms with Gasteiger partial charge in [-0.1, -0.05) is 27.2 Å². The fourth-order valence-corrected chi connectivity index (χ4v) is 3.89. The summed E-state index contributed by atoms with van der Waals surface area (Å²) >= 11 is 0. The minimum absolute atomic E-state index is 0.518. The van der Waals surface area contributed by atoms with Crippen LogP contribution >= 0.6 is 0 Å². The zero-order chi connectivity index (χ0) is 11.7. The van der Waals surface area contributed by atoms with Crippen molar-refractivity contribution in [1.82, 2.24) is 5.43 Å². The Bertz CT molecular complexity index is 227. The van der Waals surface area contributed by atoms with Crippen LogP contribution in [0.25, 0.3) is 0 Å². The summed E-state index contributed by atoms with van der Waals surface area (Å²) < 4.78 is 0. The highest BCUT2D eigenvalue weighted by atomic mass is 15.2. The van der Waals surface area contributed by atoms with Crippen LogP contribution in [0.5, 0.6) is 0 Å². The van der Waals surface area contributed by atoms with Crippen LogP contribution in [0.4, 0.5) is 0 Å². The second-order valence-electron chi connectivity index (χ2n) is 6.55. The molecule has 16 heavy (non-hydrogen) atoms. The smallest absolute Gasteiger partial charge is 0.0241 e. The van der Waals surface area contributed by atoms with Gasteiger partial charge >= 0.3 is 0 Å². The van der Waals surface area contributed by atoms with Gasteiger partial charge in [0.05, 0.1) is 0 Å². The van der Waals surface area contributed by atoms with Crippen LogP contribution in [0.2, 0.25) is 0 Å². The maximum absolute atomic E-state index is 5.74. The Kier molecular flexibility index (Phi) is 3.91. The van der Waals surface area contributed by atoms with E-state index in [0.29, 0.717) is 12.0 Å². The van der Waals surface area contributed by atoms with Crippen molar-refractivity contribution in [1.29, 1.82) is 0 Å². The number of rotatable bonds is 5. The molecule has 2 nitrogen and oxygen atoms in total. The van der Waals surface area contributed by atoms with Crippen LogP contribution < -0.4 is 11.3 Å². The Balaban J connectivity index is 1.87. The highest BCUT2D eigenvalue weighted by Gasteiger charge is 2.40. The lowest BCUT2D eigenvalue weighted by molar-refractivity contribution is 0.216. The van der Waals surface area contributed by atoms with E-state index in [4.69, 9.17) is 5.84 Å². The Hall–Kier alpha value is -0.0800. The zero-order valence-electron chi connectivity index (χ0n) is 11.1. The van der Waals surface area contributed by atoms with Crippen molar-refractivity contribution in [3.63, 3.8) is 0 Å².